The summed E-state index contributed by atoms with van der Waals surface area (Å²) in [4.78, 5) is 3.89. The van der Waals surface area contributed by atoms with Gasteiger partial charge in [0.1, 0.15) is 44.0 Å². The molecule has 28 heteroatoms. The van der Waals surface area contributed by atoms with E-state index in [1.807, 2.05) is 0 Å². The first-order valence-corrected chi connectivity index (χ1v) is 23.6. The minimum Gasteiger partial charge on any atom is -0.505 e. The molecule has 24 nitrogen and oxygen atoms in total. The Labute approximate surface area is 373 Å². The van der Waals surface area contributed by atoms with Gasteiger partial charge in [-0.05, 0) is 82.6 Å². The van der Waals surface area contributed by atoms with Crippen LogP contribution in [0.2, 0.25) is 0 Å². The Kier molecular flexibility index (Phi) is 12.9. The second-order valence-corrected chi connectivity index (χ2v) is 19.2. The van der Waals surface area contributed by atoms with E-state index in [2.05, 4.69) is 30.4 Å². The molecule has 0 aliphatic rings. The Morgan fingerprint density at radius 3 is 1.11 bits per heavy atom. The SMILES string of the molecule is COc1cc(-c2ccc(N=Nc3c(S(=O)(=O)O)cc4cc(S(=O)(=O)O)cc(N=C(C)O)c4c3O)c(OC)c2)ccc1N=Nc1c(S(=O)(=O)O)cc2cc(S(=O)(=O)O)cc(N=C(C)O)c2c1O. The zero-order valence-electron chi connectivity index (χ0n) is 33.9. The summed E-state index contributed by atoms with van der Waals surface area (Å²) in [5.41, 5.74) is -1.82. The van der Waals surface area contributed by atoms with E-state index in [9.17, 15) is 72.3 Å². The maximum absolute atomic E-state index is 12.5. The number of azo groups is 2. The Balaban J connectivity index is 1.42. The third-order valence-corrected chi connectivity index (χ3v) is 12.5. The number of fused-ring (bicyclic) bond motifs is 2. The standard InChI is InChI=1S/C38H32N6O18S4/c1-17(45)39-27-15-23(63(49,50)51)9-21-13-31(65(55,56)57)35(37(47)33(21)27)43-41-25-7-5-19(11-29(25)61-3)20-6-8-26(30(12-20)62-4)42-44-36-32(66(58,59)60)14-22-10-24(64(52,53)54)16-28(40-18(2)46)34(22)38(36)48/h5-16,47-48H,1-4H3,(H,39,45)(H,40,46)(H,49,50,51)(H,52,53,54)(H,55,56,57)(H,58,59,60). The van der Waals surface area contributed by atoms with Gasteiger partial charge in [0.2, 0.25) is 0 Å². The van der Waals surface area contributed by atoms with E-state index in [-0.39, 0.29) is 44.4 Å². The van der Waals surface area contributed by atoms with Gasteiger partial charge < -0.3 is 29.9 Å². The van der Waals surface area contributed by atoms with E-state index in [4.69, 9.17) is 9.47 Å². The van der Waals surface area contributed by atoms with Gasteiger partial charge in [0.25, 0.3) is 40.5 Å². The molecule has 66 heavy (non-hydrogen) atoms. The van der Waals surface area contributed by atoms with Crippen molar-refractivity contribution in [3.05, 3.63) is 72.8 Å². The summed E-state index contributed by atoms with van der Waals surface area (Å²) in [6, 6.07) is 13.2. The summed E-state index contributed by atoms with van der Waals surface area (Å²) in [6.45, 7) is 2.21. The molecule has 0 aromatic heterocycles. The number of aliphatic hydroxyl groups excluding tert-OH is 2. The maximum atomic E-state index is 12.5. The van der Waals surface area contributed by atoms with Crippen LogP contribution in [0.4, 0.5) is 34.1 Å². The summed E-state index contributed by atoms with van der Waals surface area (Å²) in [5.74, 6) is -3.16. The lowest BCUT2D eigenvalue weighted by Crippen LogP contribution is -2.01. The molecule has 346 valence electrons. The molecular weight excluding hydrogens is 957 g/mol. The molecule has 0 saturated heterocycles. The highest BCUT2D eigenvalue weighted by Crippen LogP contribution is 2.48. The number of phenols is 2. The van der Waals surface area contributed by atoms with Crippen LogP contribution in [0.3, 0.4) is 0 Å². The largest absolute Gasteiger partial charge is 0.505 e. The van der Waals surface area contributed by atoms with Gasteiger partial charge in [-0.2, -0.15) is 33.7 Å². The summed E-state index contributed by atoms with van der Waals surface area (Å²) in [5, 5.41) is 56.6. The number of methoxy groups -OCH3 is 2. The molecule has 0 heterocycles. The van der Waals surface area contributed by atoms with E-state index >= 15 is 0 Å². The fourth-order valence-electron chi connectivity index (χ4n) is 6.37. The molecule has 6 aromatic rings. The van der Waals surface area contributed by atoms with E-state index in [0.717, 1.165) is 50.2 Å². The zero-order chi connectivity index (χ0) is 48.8. The van der Waals surface area contributed by atoms with Crippen molar-refractivity contribution in [1.82, 2.24) is 0 Å². The number of hydrogen-bond donors (Lipinski definition) is 8. The van der Waals surface area contributed by atoms with Crippen molar-refractivity contribution in [2.45, 2.75) is 33.4 Å². The minimum absolute atomic E-state index is 0.0139. The van der Waals surface area contributed by atoms with Crippen LogP contribution >= 0.6 is 0 Å². The Bertz CT molecular complexity index is 3390. The van der Waals surface area contributed by atoms with Gasteiger partial charge in [0.15, 0.2) is 23.3 Å². The lowest BCUT2D eigenvalue weighted by Gasteiger charge is -2.13. The Hall–Kier alpha value is -7.18. The van der Waals surface area contributed by atoms with Crippen molar-refractivity contribution in [1.29, 1.82) is 0 Å². The number of benzene rings is 6. The predicted molar refractivity (Wildman–Crippen MR) is 235 cm³/mol. The number of aromatic hydroxyl groups is 2. The smallest absolute Gasteiger partial charge is 0.296 e. The third-order valence-electron chi connectivity index (χ3n) is 9.13. The monoisotopic (exact) mass is 988 g/mol. The molecule has 0 amide bonds. The van der Waals surface area contributed by atoms with Crippen LogP contribution in [0.1, 0.15) is 13.8 Å². The minimum atomic E-state index is -5.21. The van der Waals surface area contributed by atoms with Crippen molar-refractivity contribution in [3.8, 4) is 34.1 Å². The first-order valence-electron chi connectivity index (χ1n) is 17.9. The van der Waals surface area contributed by atoms with Crippen LogP contribution in [0.5, 0.6) is 23.0 Å². The highest BCUT2D eigenvalue weighted by Gasteiger charge is 2.28. The van der Waals surface area contributed by atoms with Crippen LogP contribution < -0.4 is 9.47 Å². The number of phenolic OH excluding ortho intramolecular Hbond substituents is 2. The lowest BCUT2D eigenvalue weighted by atomic mass is 10.0. The quantitative estimate of drug-likeness (QED) is 0.0234. The number of ether oxygens (including phenoxy) is 2. The molecule has 0 atom stereocenters. The van der Waals surface area contributed by atoms with Crippen LogP contribution in [0.25, 0.3) is 32.7 Å². The highest BCUT2D eigenvalue weighted by molar-refractivity contribution is 7.86. The third kappa shape index (κ3) is 10.0. The van der Waals surface area contributed by atoms with Crippen molar-refractivity contribution >= 4 is 108 Å². The van der Waals surface area contributed by atoms with Gasteiger partial charge in [0.05, 0.1) is 46.2 Å². The molecule has 0 radical (unpaired) electrons. The molecule has 0 aliphatic heterocycles. The van der Waals surface area contributed by atoms with Crippen LogP contribution in [-0.2, 0) is 40.5 Å². The summed E-state index contributed by atoms with van der Waals surface area (Å²) < 4.78 is 148. The Morgan fingerprint density at radius 1 is 0.470 bits per heavy atom. The first kappa shape index (κ1) is 48.3. The molecule has 0 aliphatic carbocycles. The van der Waals surface area contributed by atoms with Gasteiger partial charge in [-0.25, -0.2) is 9.98 Å². The van der Waals surface area contributed by atoms with Gasteiger partial charge >= 0.3 is 0 Å². The summed E-state index contributed by atoms with van der Waals surface area (Å²) in [6.07, 6.45) is 0. The van der Waals surface area contributed by atoms with Crippen LogP contribution in [-0.4, -0.2) is 98.3 Å². The van der Waals surface area contributed by atoms with Gasteiger partial charge in [-0.3, -0.25) is 18.2 Å². The fraction of sp³-hybridized carbons (Fsp3) is 0.105. The Morgan fingerprint density at radius 2 is 0.818 bits per heavy atom. The van der Waals surface area contributed by atoms with E-state index in [1.165, 1.54) is 50.6 Å². The van der Waals surface area contributed by atoms with Crippen molar-refractivity contribution in [3.63, 3.8) is 0 Å². The number of aliphatic imine (C=N–C) groups is 2. The lowest BCUT2D eigenvalue weighted by molar-refractivity contribution is 0.415. The fourth-order valence-corrected chi connectivity index (χ4v) is 8.76. The van der Waals surface area contributed by atoms with E-state index in [0.29, 0.717) is 11.1 Å². The predicted octanol–water partition coefficient (Wildman–Crippen LogP) is 8.12. The topological polar surface area (TPSA) is 391 Å². The second kappa shape index (κ2) is 17.7. The number of aliphatic hydroxyl groups is 2. The van der Waals surface area contributed by atoms with Gasteiger partial charge in [-0.1, -0.05) is 12.1 Å². The highest BCUT2D eigenvalue weighted by atomic mass is 32.2. The van der Waals surface area contributed by atoms with Crippen molar-refractivity contribution < 1.29 is 81.8 Å². The number of rotatable bonds is 13. The molecule has 0 bridgehead atoms. The molecular formula is C38H32N6O18S4. The number of hydrogen-bond acceptors (Lipinski definition) is 18. The maximum Gasteiger partial charge on any atom is 0.296 e. The first-order chi connectivity index (χ1) is 30.6. The average molecular weight is 989 g/mol. The molecule has 0 spiro atoms. The molecule has 0 saturated carbocycles. The molecule has 6 rings (SSSR count). The zero-order valence-corrected chi connectivity index (χ0v) is 37.2. The van der Waals surface area contributed by atoms with Crippen molar-refractivity contribution in [2.24, 2.45) is 30.4 Å². The average Bonchev–Trinajstić information content (AvgIpc) is 3.20. The molecule has 0 unspecified atom stereocenters. The van der Waals surface area contributed by atoms with Crippen LogP contribution in [0, 0.1) is 0 Å². The second-order valence-electron chi connectivity index (χ2n) is 13.6. The summed E-state index contributed by atoms with van der Waals surface area (Å²) in [7, 11) is -17.8. The van der Waals surface area contributed by atoms with Gasteiger partial charge in [-0.15, -0.1) is 20.5 Å². The van der Waals surface area contributed by atoms with Gasteiger partial charge in [0, 0.05) is 13.8 Å². The number of nitrogens with zero attached hydrogens (tertiary/aromatic N) is 6. The summed E-state index contributed by atoms with van der Waals surface area (Å²) >= 11 is 0. The molecule has 8 N–H and O–H groups in total. The van der Waals surface area contributed by atoms with E-state index < -0.39 is 106 Å². The molecule has 0 fully saturated rings. The normalized spacial score (nSPS) is 13.3. The van der Waals surface area contributed by atoms with Crippen molar-refractivity contribution in [2.75, 3.05) is 14.2 Å². The van der Waals surface area contributed by atoms with E-state index in [1.54, 1.807) is 0 Å². The van der Waals surface area contributed by atoms with Crippen LogP contribution in [0.15, 0.2) is 123 Å². The molecule has 6 aromatic carbocycles.